The quantitative estimate of drug-likeness (QED) is 0.785. The molecule has 1 saturated heterocycles. The van der Waals surface area contributed by atoms with E-state index in [1.807, 2.05) is 6.92 Å². The monoisotopic (exact) mass is 224 g/mol. The molecule has 2 heterocycles. The molecule has 1 atom stereocenters. The van der Waals surface area contributed by atoms with Gasteiger partial charge in [0.2, 0.25) is 0 Å². The Hall–Kier alpha value is -0.740. The van der Waals surface area contributed by atoms with Crippen LogP contribution in [-0.4, -0.2) is 17.3 Å². The second-order valence-corrected chi connectivity index (χ2v) is 5.06. The van der Waals surface area contributed by atoms with Crippen LogP contribution in [0.15, 0.2) is 0 Å². The fourth-order valence-electron chi connectivity index (χ4n) is 1.96. The normalized spacial score (nSPS) is 21.6. The van der Waals surface area contributed by atoms with Crippen molar-refractivity contribution in [1.29, 1.82) is 0 Å². The van der Waals surface area contributed by atoms with E-state index in [2.05, 4.69) is 10.3 Å². The molecule has 0 bridgehead atoms. The Labute approximate surface area is 93.9 Å². The molecule has 1 unspecified atom stereocenters. The maximum Gasteiger partial charge on any atom is 0.171 e. The molecule has 3 nitrogen and oxygen atoms in total. The summed E-state index contributed by atoms with van der Waals surface area (Å²) in [7, 11) is 0. The number of thiazole rings is 1. The minimum Gasteiger partial charge on any atom is -0.308 e. The SMILES string of the molecule is CC(=O)c1sc(C2CCCCN2)nc1C. The number of Topliss-reactive ketones (excluding diaryl/α,β-unsaturated/α-hetero) is 1. The number of hydrogen-bond acceptors (Lipinski definition) is 4. The summed E-state index contributed by atoms with van der Waals surface area (Å²) in [4.78, 5) is 16.6. The first-order chi connectivity index (χ1) is 7.18. The molecular weight excluding hydrogens is 208 g/mol. The van der Waals surface area contributed by atoms with Crippen molar-refractivity contribution in [2.45, 2.75) is 39.2 Å². The van der Waals surface area contributed by atoms with Gasteiger partial charge in [-0.1, -0.05) is 6.42 Å². The predicted molar refractivity (Wildman–Crippen MR) is 61.5 cm³/mol. The summed E-state index contributed by atoms with van der Waals surface area (Å²) in [6.07, 6.45) is 3.65. The van der Waals surface area contributed by atoms with Crippen LogP contribution < -0.4 is 5.32 Å². The summed E-state index contributed by atoms with van der Waals surface area (Å²) >= 11 is 1.55. The van der Waals surface area contributed by atoms with E-state index in [0.29, 0.717) is 6.04 Å². The van der Waals surface area contributed by atoms with Gasteiger partial charge in [0.05, 0.1) is 16.6 Å². The zero-order valence-corrected chi connectivity index (χ0v) is 9.99. The van der Waals surface area contributed by atoms with Gasteiger partial charge in [0.15, 0.2) is 5.78 Å². The van der Waals surface area contributed by atoms with Crippen molar-refractivity contribution >= 4 is 17.1 Å². The van der Waals surface area contributed by atoms with Crippen molar-refractivity contribution in [3.05, 3.63) is 15.6 Å². The fraction of sp³-hybridized carbons (Fsp3) is 0.636. The molecule has 1 aliphatic rings. The third-order valence-corrected chi connectivity index (χ3v) is 4.11. The highest BCUT2D eigenvalue weighted by Crippen LogP contribution is 2.28. The summed E-state index contributed by atoms with van der Waals surface area (Å²) in [5.74, 6) is 0.132. The number of aryl methyl sites for hydroxylation is 1. The Kier molecular flexibility index (Phi) is 3.17. The van der Waals surface area contributed by atoms with E-state index in [1.54, 1.807) is 18.3 Å². The summed E-state index contributed by atoms with van der Waals surface area (Å²) in [5, 5.41) is 4.53. The van der Waals surface area contributed by atoms with E-state index in [1.165, 1.54) is 12.8 Å². The average Bonchev–Trinajstić information content (AvgIpc) is 2.62. The minimum absolute atomic E-state index is 0.132. The lowest BCUT2D eigenvalue weighted by atomic mass is 10.1. The molecule has 0 amide bonds. The van der Waals surface area contributed by atoms with Gasteiger partial charge in [0.25, 0.3) is 0 Å². The molecule has 0 spiro atoms. The lowest BCUT2D eigenvalue weighted by Crippen LogP contribution is -2.26. The lowest BCUT2D eigenvalue weighted by Gasteiger charge is -2.21. The van der Waals surface area contributed by atoms with Gasteiger partial charge in [0, 0.05) is 6.92 Å². The summed E-state index contributed by atoms with van der Waals surface area (Å²) < 4.78 is 0. The topological polar surface area (TPSA) is 42.0 Å². The lowest BCUT2D eigenvalue weighted by molar-refractivity contribution is 0.102. The van der Waals surface area contributed by atoms with Crippen molar-refractivity contribution in [1.82, 2.24) is 10.3 Å². The maximum absolute atomic E-state index is 11.3. The molecule has 4 heteroatoms. The van der Waals surface area contributed by atoms with Crippen LogP contribution in [0, 0.1) is 6.92 Å². The van der Waals surface area contributed by atoms with Crippen molar-refractivity contribution < 1.29 is 4.79 Å². The van der Waals surface area contributed by atoms with Crippen molar-refractivity contribution in [3.8, 4) is 0 Å². The van der Waals surface area contributed by atoms with Crippen LogP contribution >= 0.6 is 11.3 Å². The van der Waals surface area contributed by atoms with E-state index >= 15 is 0 Å². The minimum atomic E-state index is 0.132. The molecule has 1 aromatic rings. The molecule has 1 fully saturated rings. The van der Waals surface area contributed by atoms with Gasteiger partial charge in [-0.3, -0.25) is 4.79 Å². The highest BCUT2D eigenvalue weighted by Gasteiger charge is 2.20. The maximum atomic E-state index is 11.3. The van der Waals surface area contributed by atoms with Gasteiger partial charge in [0.1, 0.15) is 5.01 Å². The molecule has 15 heavy (non-hydrogen) atoms. The van der Waals surface area contributed by atoms with Gasteiger partial charge in [-0.05, 0) is 26.3 Å². The van der Waals surface area contributed by atoms with Gasteiger partial charge < -0.3 is 5.32 Å². The van der Waals surface area contributed by atoms with Crippen LogP contribution in [0.25, 0.3) is 0 Å². The molecule has 0 aromatic carbocycles. The summed E-state index contributed by atoms with van der Waals surface area (Å²) in [6.45, 7) is 4.59. The molecule has 0 radical (unpaired) electrons. The highest BCUT2D eigenvalue weighted by molar-refractivity contribution is 7.13. The second kappa shape index (κ2) is 4.41. The molecule has 0 aliphatic carbocycles. The summed E-state index contributed by atoms with van der Waals surface area (Å²) in [5.41, 5.74) is 0.884. The Morgan fingerprint density at radius 3 is 2.87 bits per heavy atom. The molecule has 0 saturated carbocycles. The van der Waals surface area contributed by atoms with E-state index in [-0.39, 0.29) is 5.78 Å². The van der Waals surface area contributed by atoms with E-state index in [0.717, 1.165) is 28.5 Å². The molecule has 82 valence electrons. The van der Waals surface area contributed by atoms with Crippen LogP contribution in [0.3, 0.4) is 0 Å². The third kappa shape index (κ3) is 2.26. The first-order valence-electron chi connectivity index (χ1n) is 5.40. The molecular formula is C11H16N2OS. The largest absolute Gasteiger partial charge is 0.308 e. The predicted octanol–water partition coefficient (Wildman–Crippen LogP) is 2.47. The Morgan fingerprint density at radius 2 is 2.33 bits per heavy atom. The zero-order chi connectivity index (χ0) is 10.8. The molecule has 1 N–H and O–H groups in total. The van der Waals surface area contributed by atoms with Crippen LogP contribution in [0.5, 0.6) is 0 Å². The zero-order valence-electron chi connectivity index (χ0n) is 9.17. The van der Waals surface area contributed by atoms with E-state index < -0.39 is 0 Å². The van der Waals surface area contributed by atoms with Crippen molar-refractivity contribution in [2.75, 3.05) is 6.54 Å². The summed E-state index contributed by atoms with van der Waals surface area (Å²) in [6, 6.07) is 0.371. The Bertz CT molecular complexity index is 367. The number of hydrogen-bond donors (Lipinski definition) is 1. The standard InChI is InChI=1S/C11H16N2OS/c1-7-10(8(2)14)15-11(13-7)9-5-3-4-6-12-9/h9,12H,3-6H2,1-2H3. The van der Waals surface area contributed by atoms with Gasteiger partial charge in [-0.25, -0.2) is 4.98 Å². The van der Waals surface area contributed by atoms with Crippen molar-refractivity contribution in [3.63, 3.8) is 0 Å². The van der Waals surface area contributed by atoms with Gasteiger partial charge in [-0.15, -0.1) is 11.3 Å². The fourth-order valence-corrected chi connectivity index (χ4v) is 3.03. The van der Waals surface area contributed by atoms with E-state index in [4.69, 9.17) is 0 Å². The Balaban J connectivity index is 2.21. The first kappa shape index (κ1) is 10.8. The second-order valence-electron chi connectivity index (χ2n) is 4.03. The number of carbonyl (C=O) groups excluding carboxylic acids is 1. The first-order valence-corrected chi connectivity index (χ1v) is 6.22. The highest BCUT2D eigenvalue weighted by atomic mass is 32.1. The third-order valence-electron chi connectivity index (χ3n) is 2.74. The number of carbonyl (C=O) groups is 1. The van der Waals surface area contributed by atoms with Crippen LogP contribution in [0.4, 0.5) is 0 Å². The van der Waals surface area contributed by atoms with E-state index in [9.17, 15) is 4.79 Å². The number of aromatic nitrogens is 1. The van der Waals surface area contributed by atoms with Crippen LogP contribution in [0.2, 0.25) is 0 Å². The molecule has 1 aromatic heterocycles. The Morgan fingerprint density at radius 1 is 1.53 bits per heavy atom. The van der Waals surface area contributed by atoms with Crippen LogP contribution in [-0.2, 0) is 0 Å². The number of rotatable bonds is 2. The van der Waals surface area contributed by atoms with Gasteiger partial charge in [-0.2, -0.15) is 0 Å². The number of piperidine rings is 1. The van der Waals surface area contributed by atoms with Crippen LogP contribution in [0.1, 0.15) is 52.6 Å². The van der Waals surface area contributed by atoms with Gasteiger partial charge >= 0.3 is 0 Å². The number of nitrogens with one attached hydrogen (secondary N) is 1. The van der Waals surface area contributed by atoms with Crippen molar-refractivity contribution in [2.24, 2.45) is 0 Å². The number of nitrogens with zero attached hydrogens (tertiary/aromatic N) is 1. The average molecular weight is 224 g/mol. The number of ketones is 1. The smallest absolute Gasteiger partial charge is 0.171 e. The molecule has 1 aliphatic heterocycles. The molecule has 2 rings (SSSR count).